The van der Waals surface area contributed by atoms with Gasteiger partial charge in [0, 0.05) is 12.1 Å². The zero-order valence-electron chi connectivity index (χ0n) is 13.6. The van der Waals surface area contributed by atoms with E-state index < -0.39 is 34.4 Å². The fourth-order valence-electron chi connectivity index (χ4n) is 3.12. The Morgan fingerprint density at radius 2 is 1.92 bits per heavy atom. The van der Waals surface area contributed by atoms with Crippen LogP contribution in [0.3, 0.4) is 0 Å². The molecule has 0 unspecified atom stereocenters. The summed E-state index contributed by atoms with van der Waals surface area (Å²) in [6.07, 6.45) is 0.607. The lowest BCUT2D eigenvalue weighted by Crippen LogP contribution is -2.50. The largest absolute Gasteiger partial charge is 0.418 e. The zero-order valence-corrected chi connectivity index (χ0v) is 14.4. The lowest BCUT2D eigenvalue weighted by molar-refractivity contribution is -0.125. The molecule has 10 nitrogen and oxygen atoms in total. The second kappa shape index (κ2) is 7.02. The maximum atomic E-state index is 12.4. The van der Waals surface area contributed by atoms with E-state index in [1.807, 2.05) is 0 Å². The van der Waals surface area contributed by atoms with Crippen molar-refractivity contribution in [1.29, 1.82) is 0 Å². The van der Waals surface area contributed by atoms with Crippen LogP contribution in [0, 0.1) is 0 Å². The van der Waals surface area contributed by atoms with Crippen molar-refractivity contribution < 1.29 is 31.6 Å². The fourth-order valence-corrected chi connectivity index (χ4v) is 3.50. The van der Waals surface area contributed by atoms with Gasteiger partial charge in [-0.15, -0.1) is 4.28 Å². The predicted molar refractivity (Wildman–Crippen MR) is 87.2 cm³/mol. The SMILES string of the molecule is O=C(CNC(=O)[C@@H]1CC[C@H]2CN1C(=O)N2OS(=O)(=O)O)c1ccccc1. The third-order valence-corrected chi connectivity index (χ3v) is 4.67. The molecule has 2 aliphatic heterocycles. The van der Waals surface area contributed by atoms with Gasteiger partial charge < -0.3 is 10.2 Å². The molecule has 1 aromatic carbocycles. The third-order valence-electron chi connectivity index (χ3n) is 4.32. The predicted octanol–water partition coefficient (Wildman–Crippen LogP) is -0.0115. The monoisotopic (exact) mass is 383 g/mol. The third kappa shape index (κ3) is 3.84. The van der Waals surface area contributed by atoms with Crippen molar-refractivity contribution in [2.45, 2.75) is 24.9 Å². The first kappa shape index (κ1) is 18.3. The van der Waals surface area contributed by atoms with Gasteiger partial charge in [-0.2, -0.15) is 13.5 Å². The average Bonchev–Trinajstić information content (AvgIpc) is 2.84. The molecule has 2 fully saturated rings. The Bertz CT molecular complexity index is 827. The van der Waals surface area contributed by atoms with Crippen LogP contribution in [0.15, 0.2) is 30.3 Å². The van der Waals surface area contributed by atoms with Gasteiger partial charge in [0.15, 0.2) is 5.78 Å². The number of hydrogen-bond donors (Lipinski definition) is 2. The van der Waals surface area contributed by atoms with Gasteiger partial charge in [0.25, 0.3) is 0 Å². The molecule has 3 amide bonds. The molecule has 2 N–H and O–H groups in total. The first-order valence-corrected chi connectivity index (χ1v) is 9.25. The number of urea groups is 1. The molecule has 2 saturated heterocycles. The van der Waals surface area contributed by atoms with E-state index in [1.54, 1.807) is 30.3 Å². The van der Waals surface area contributed by atoms with Crippen molar-refractivity contribution in [3.05, 3.63) is 35.9 Å². The molecule has 2 heterocycles. The number of hydroxylamine groups is 2. The van der Waals surface area contributed by atoms with Crippen LogP contribution >= 0.6 is 0 Å². The van der Waals surface area contributed by atoms with E-state index in [-0.39, 0.29) is 25.3 Å². The van der Waals surface area contributed by atoms with E-state index >= 15 is 0 Å². The van der Waals surface area contributed by atoms with Crippen molar-refractivity contribution in [1.82, 2.24) is 15.3 Å². The summed E-state index contributed by atoms with van der Waals surface area (Å²) in [4.78, 5) is 37.8. The van der Waals surface area contributed by atoms with Gasteiger partial charge in [-0.3, -0.25) is 14.1 Å². The number of piperidine rings is 1. The van der Waals surface area contributed by atoms with E-state index in [0.29, 0.717) is 17.0 Å². The molecule has 2 atom stereocenters. The summed E-state index contributed by atoms with van der Waals surface area (Å²) in [6.45, 7) is -0.116. The number of hydrogen-bond acceptors (Lipinski definition) is 6. The van der Waals surface area contributed by atoms with Crippen LogP contribution in [0.5, 0.6) is 0 Å². The smallest absolute Gasteiger partial charge is 0.347 e. The molecule has 0 aromatic heterocycles. The highest BCUT2D eigenvalue weighted by Crippen LogP contribution is 2.30. The Morgan fingerprint density at radius 1 is 1.23 bits per heavy atom. The van der Waals surface area contributed by atoms with Crippen LogP contribution in [0.1, 0.15) is 23.2 Å². The van der Waals surface area contributed by atoms with Crippen LogP contribution in [0.25, 0.3) is 0 Å². The number of ketones is 1. The summed E-state index contributed by atoms with van der Waals surface area (Å²) in [5.74, 6) is -0.772. The number of carbonyl (C=O) groups is 3. The molecule has 140 valence electrons. The van der Waals surface area contributed by atoms with Gasteiger partial charge in [0.2, 0.25) is 5.91 Å². The van der Waals surface area contributed by atoms with Crippen molar-refractivity contribution in [3.8, 4) is 0 Å². The number of benzene rings is 1. The Kier molecular flexibility index (Phi) is 4.94. The van der Waals surface area contributed by atoms with Crippen molar-refractivity contribution in [2.24, 2.45) is 0 Å². The lowest BCUT2D eigenvalue weighted by Gasteiger charge is -2.29. The summed E-state index contributed by atoms with van der Waals surface area (Å²) in [5.41, 5.74) is 0.460. The minimum absolute atomic E-state index is 0.0963. The van der Waals surface area contributed by atoms with E-state index in [9.17, 15) is 22.8 Å². The highest BCUT2D eigenvalue weighted by Gasteiger charge is 2.49. The van der Waals surface area contributed by atoms with Gasteiger partial charge in [-0.25, -0.2) is 4.79 Å². The second-order valence-corrected chi connectivity index (χ2v) is 7.02. The van der Waals surface area contributed by atoms with Crippen molar-refractivity contribution >= 4 is 28.1 Å². The van der Waals surface area contributed by atoms with E-state index in [2.05, 4.69) is 9.60 Å². The summed E-state index contributed by atoms with van der Waals surface area (Å²) in [7, 11) is -4.84. The Balaban J connectivity index is 1.61. The van der Waals surface area contributed by atoms with E-state index in [1.165, 1.54) is 4.90 Å². The molecule has 0 radical (unpaired) electrons. The standard InChI is InChI=1S/C15H17N3O7S/c19-13(10-4-2-1-3-5-10)8-16-14(20)12-7-6-11-9-17(12)15(21)18(11)25-26(22,23)24/h1-5,11-12H,6-9H2,(H,16,20)(H,22,23,24)/t11-,12-/m0/s1. The number of rotatable bonds is 6. The normalized spacial score (nSPS) is 22.4. The van der Waals surface area contributed by atoms with Crippen LogP contribution in [0.2, 0.25) is 0 Å². The highest BCUT2D eigenvalue weighted by molar-refractivity contribution is 7.80. The Morgan fingerprint density at radius 3 is 2.58 bits per heavy atom. The summed E-state index contributed by atoms with van der Waals surface area (Å²) in [6, 6.07) is 6.23. The van der Waals surface area contributed by atoms with Crippen LogP contribution in [-0.2, 0) is 19.5 Å². The molecule has 3 rings (SSSR count). The quantitative estimate of drug-likeness (QED) is 0.521. The molecule has 0 aliphatic carbocycles. The Labute approximate surface area is 149 Å². The maximum absolute atomic E-state index is 12.4. The van der Waals surface area contributed by atoms with E-state index in [0.717, 1.165) is 0 Å². The molecule has 0 saturated carbocycles. The van der Waals surface area contributed by atoms with Crippen LogP contribution in [-0.4, -0.2) is 65.8 Å². The molecule has 26 heavy (non-hydrogen) atoms. The van der Waals surface area contributed by atoms with Gasteiger partial charge in [0.1, 0.15) is 6.04 Å². The van der Waals surface area contributed by atoms with Gasteiger partial charge >= 0.3 is 16.4 Å². The zero-order chi connectivity index (χ0) is 18.9. The Hall–Kier alpha value is -2.50. The molecule has 1 aromatic rings. The van der Waals surface area contributed by atoms with Crippen molar-refractivity contribution in [2.75, 3.05) is 13.1 Å². The minimum atomic E-state index is -4.84. The van der Waals surface area contributed by atoms with Crippen molar-refractivity contribution in [3.63, 3.8) is 0 Å². The molecule has 2 bridgehead atoms. The minimum Gasteiger partial charge on any atom is -0.347 e. The summed E-state index contributed by atoms with van der Waals surface area (Å²) < 4.78 is 34.8. The average molecular weight is 383 g/mol. The van der Waals surface area contributed by atoms with Crippen LogP contribution in [0.4, 0.5) is 4.79 Å². The van der Waals surface area contributed by atoms with E-state index in [4.69, 9.17) is 4.55 Å². The molecule has 11 heteroatoms. The second-order valence-electron chi connectivity index (χ2n) is 6.02. The summed E-state index contributed by atoms with van der Waals surface area (Å²) in [5, 5.41) is 3.07. The van der Waals surface area contributed by atoms with Gasteiger partial charge in [0.05, 0.1) is 12.6 Å². The summed E-state index contributed by atoms with van der Waals surface area (Å²) >= 11 is 0. The number of nitrogens with zero attached hydrogens (tertiary/aromatic N) is 2. The number of Topliss-reactive ketones (excluding diaryl/α,β-unsaturated/α-hetero) is 1. The first-order chi connectivity index (χ1) is 12.3. The van der Waals surface area contributed by atoms with Crippen LogP contribution < -0.4 is 5.32 Å². The first-order valence-electron chi connectivity index (χ1n) is 7.89. The van der Waals surface area contributed by atoms with Gasteiger partial charge in [-0.05, 0) is 12.8 Å². The molecule has 0 spiro atoms. The number of nitrogens with one attached hydrogen (secondary N) is 1. The molecule has 2 aliphatic rings. The van der Waals surface area contributed by atoms with Gasteiger partial charge in [-0.1, -0.05) is 30.3 Å². The topological polar surface area (TPSA) is 133 Å². The fraction of sp³-hybridized carbons (Fsp3) is 0.400. The number of fused-ring (bicyclic) bond motifs is 2. The maximum Gasteiger partial charge on any atom is 0.418 e. The lowest BCUT2D eigenvalue weighted by atomic mass is 10.00. The number of amides is 3. The number of carbonyl (C=O) groups excluding carboxylic acids is 3. The molecular weight excluding hydrogens is 366 g/mol. The molecular formula is C15H17N3O7S. The highest BCUT2D eigenvalue weighted by atomic mass is 32.3.